The zero-order chi connectivity index (χ0) is 9.97. The molecule has 2 unspecified atom stereocenters. The van der Waals surface area contributed by atoms with Crippen LogP contribution >= 0.6 is 0 Å². The van der Waals surface area contributed by atoms with Gasteiger partial charge in [-0.05, 0) is 19.4 Å². The molecule has 0 radical (unpaired) electrons. The number of aromatic nitrogens is 1. The van der Waals surface area contributed by atoms with E-state index in [-0.39, 0.29) is 5.92 Å². The normalized spacial score (nSPS) is 24.0. The third-order valence-corrected chi connectivity index (χ3v) is 2.76. The Morgan fingerprint density at radius 2 is 2.64 bits per heavy atom. The van der Waals surface area contributed by atoms with Gasteiger partial charge in [0.1, 0.15) is 6.26 Å². The van der Waals surface area contributed by atoms with E-state index < -0.39 is 0 Å². The second-order valence-corrected chi connectivity index (χ2v) is 3.90. The van der Waals surface area contributed by atoms with Crippen LogP contribution in [0.3, 0.4) is 0 Å². The van der Waals surface area contributed by atoms with Crippen LogP contribution in [0, 0.1) is 0 Å². The number of hydrogen-bond donors (Lipinski definition) is 2. The van der Waals surface area contributed by atoms with Gasteiger partial charge >= 0.3 is 0 Å². The van der Waals surface area contributed by atoms with Gasteiger partial charge in [0.25, 0.3) is 0 Å². The van der Waals surface area contributed by atoms with Gasteiger partial charge in [0.2, 0.25) is 5.89 Å². The van der Waals surface area contributed by atoms with E-state index in [0.717, 1.165) is 24.6 Å². The van der Waals surface area contributed by atoms with Crippen molar-refractivity contribution in [3.05, 3.63) is 17.8 Å². The molecule has 4 nitrogen and oxygen atoms in total. The van der Waals surface area contributed by atoms with Gasteiger partial charge in [0.05, 0.1) is 11.7 Å². The maximum Gasteiger partial charge on any atom is 0.211 e. The molecular formula is C10H17N3O. The van der Waals surface area contributed by atoms with E-state index in [0.29, 0.717) is 12.6 Å². The van der Waals surface area contributed by atoms with Gasteiger partial charge in [-0.25, -0.2) is 4.98 Å². The third kappa shape index (κ3) is 1.81. The first kappa shape index (κ1) is 9.68. The summed E-state index contributed by atoms with van der Waals surface area (Å²) in [4.78, 5) is 4.45. The molecule has 0 aliphatic carbocycles. The van der Waals surface area contributed by atoms with E-state index in [1.165, 1.54) is 6.42 Å². The molecule has 1 aliphatic rings. The minimum absolute atomic E-state index is 0.286. The molecule has 0 aromatic carbocycles. The summed E-state index contributed by atoms with van der Waals surface area (Å²) in [5, 5.41) is 3.36. The van der Waals surface area contributed by atoms with Gasteiger partial charge in [0.15, 0.2) is 0 Å². The first-order chi connectivity index (χ1) is 6.81. The molecule has 0 amide bonds. The summed E-state index contributed by atoms with van der Waals surface area (Å²) in [6.07, 6.45) is 4.05. The van der Waals surface area contributed by atoms with Crippen molar-refractivity contribution in [1.29, 1.82) is 0 Å². The lowest BCUT2D eigenvalue weighted by Gasteiger charge is -2.04. The summed E-state index contributed by atoms with van der Waals surface area (Å²) in [6.45, 7) is 3.74. The smallest absolute Gasteiger partial charge is 0.211 e. The van der Waals surface area contributed by atoms with Crippen LogP contribution in [0.4, 0.5) is 0 Å². The lowest BCUT2D eigenvalue weighted by Crippen LogP contribution is -2.14. The van der Waals surface area contributed by atoms with Gasteiger partial charge in [-0.2, -0.15) is 0 Å². The van der Waals surface area contributed by atoms with E-state index in [1.807, 2.05) is 0 Å². The van der Waals surface area contributed by atoms with Crippen molar-refractivity contribution in [2.75, 3.05) is 13.1 Å². The number of nitrogens with two attached hydrogens (primary N) is 1. The second-order valence-electron chi connectivity index (χ2n) is 3.90. The summed E-state index contributed by atoms with van der Waals surface area (Å²) in [5.41, 5.74) is 6.54. The van der Waals surface area contributed by atoms with Crippen molar-refractivity contribution in [3.8, 4) is 0 Å². The molecule has 3 N–H and O–H groups in total. The molecule has 78 valence electrons. The van der Waals surface area contributed by atoms with E-state index in [1.54, 1.807) is 6.26 Å². The topological polar surface area (TPSA) is 64.1 Å². The highest BCUT2D eigenvalue weighted by molar-refractivity contribution is 5.06. The first-order valence-corrected chi connectivity index (χ1v) is 5.20. The summed E-state index contributed by atoms with van der Waals surface area (Å²) in [5.74, 6) is 1.10. The molecule has 1 aromatic rings. The van der Waals surface area contributed by atoms with Crippen LogP contribution in [-0.2, 0) is 0 Å². The Morgan fingerprint density at radius 3 is 3.29 bits per heavy atom. The monoisotopic (exact) mass is 195 g/mol. The summed E-state index contributed by atoms with van der Waals surface area (Å²) in [7, 11) is 0. The van der Waals surface area contributed by atoms with E-state index in [9.17, 15) is 0 Å². The Hall–Kier alpha value is -0.870. The number of nitrogens with zero attached hydrogens (tertiary/aromatic N) is 1. The Labute approximate surface area is 83.9 Å². The Morgan fingerprint density at radius 1 is 1.79 bits per heavy atom. The van der Waals surface area contributed by atoms with Gasteiger partial charge in [-0.1, -0.05) is 6.92 Å². The largest absolute Gasteiger partial charge is 0.447 e. The fourth-order valence-corrected chi connectivity index (χ4v) is 1.70. The van der Waals surface area contributed by atoms with E-state index in [4.69, 9.17) is 10.2 Å². The maximum atomic E-state index is 5.57. The highest BCUT2D eigenvalue weighted by atomic mass is 16.3. The molecule has 1 fully saturated rings. The second kappa shape index (κ2) is 4.11. The van der Waals surface area contributed by atoms with Crippen LogP contribution in [0.25, 0.3) is 0 Å². The van der Waals surface area contributed by atoms with E-state index in [2.05, 4.69) is 17.2 Å². The summed E-state index contributed by atoms with van der Waals surface area (Å²) >= 11 is 0. The van der Waals surface area contributed by atoms with Crippen molar-refractivity contribution >= 4 is 0 Å². The molecule has 1 aliphatic heterocycles. The maximum absolute atomic E-state index is 5.57. The zero-order valence-electron chi connectivity index (χ0n) is 8.49. The average molecular weight is 195 g/mol. The third-order valence-electron chi connectivity index (χ3n) is 2.76. The fourth-order valence-electron chi connectivity index (χ4n) is 1.70. The van der Waals surface area contributed by atoms with Crippen molar-refractivity contribution in [2.45, 2.75) is 31.7 Å². The van der Waals surface area contributed by atoms with Crippen molar-refractivity contribution < 1.29 is 4.42 Å². The van der Waals surface area contributed by atoms with Gasteiger partial charge in [-0.15, -0.1) is 0 Å². The first-order valence-electron chi connectivity index (χ1n) is 5.20. The molecule has 2 atom stereocenters. The summed E-state index contributed by atoms with van der Waals surface area (Å²) < 4.78 is 5.44. The van der Waals surface area contributed by atoms with Crippen molar-refractivity contribution in [1.82, 2.24) is 10.3 Å². The molecule has 14 heavy (non-hydrogen) atoms. The highest BCUT2D eigenvalue weighted by Crippen LogP contribution is 2.24. The zero-order valence-corrected chi connectivity index (χ0v) is 8.49. The van der Waals surface area contributed by atoms with Crippen LogP contribution in [0.2, 0.25) is 0 Å². The Kier molecular flexibility index (Phi) is 2.84. The van der Waals surface area contributed by atoms with Gasteiger partial charge < -0.3 is 15.5 Å². The molecule has 0 saturated carbocycles. The molecule has 1 saturated heterocycles. The average Bonchev–Trinajstić information content (AvgIpc) is 2.86. The molecule has 0 bridgehead atoms. The van der Waals surface area contributed by atoms with Crippen LogP contribution in [-0.4, -0.2) is 18.1 Å². The van der Waals surface area contributed by atoms with Crippen LogP contribution in [0.5, 0.6) is 0 Å². The van der Waals surface area contributed by atoms with Crippen LogP contribution in [0.1, 0.15) is 43.3 Å². The predicted octanol–water partition coefficient (Wildman–Crippen LogP) is 1.16. The quantitative estimate of drug-likeness (QED) is 0.759. The molecule has 0 spiro atoms. The number of rotatable bonds is 3. The van der Waals surface area contributed by atoms with Gasteiger partial charge in [0, 0.05) is 12.5 Å². The van der Waals surface area contributed by atoms with Crippen molar-refractivity contribution in [3.63, 3.8) is 0 Å². The Bertz CT molecular complexity index is 291. The highest BCUT2D eigenvalue weighted by Gasteiger charge is 2.21. The minimum atomic E-state index is 0.286. The number of oxazole rings is 1. The van der Waals surface area contributed by atoms with Crippen molar-refractivity contribution in [2.24, 2.45) is 5.73 Å². The van der Waals surface area contributed by atoms with E-state index >= 15 is 0 Å². The Balaban J connectivity index is 2.08. The SMILES string of the molecule is CC(CN)c1coc(C2CCCN2)n1. The molecule has 2 heterocycles. The van der Waals surface area contributed by atoms with Gasteiger partial charge in [-0.3, -0.25) is 0 Å². The molecule has 4 heteroatoms. The molecule has 2 rings (SSSR count). The van der Waals surface area contributed by atoms with Crippen LogP contribution < -0.4 is 11.1 Å². The number of nitrogens with one attached hydrogen (secondary N) is 1. The summed E-state index contributed by atoms with van der Waals surface area (Å²) in [6, 6.07) is 0.314. The lowest BCUT2D eigenvalue weighted by atomic mass is 10.1. The minimum Gasteiger partial charge on any atom is -0.447 e. The number of hydrogen-bond acceptors (Lipinski definition) is 4. The molecule has 1 aromatic heterocycles. The lowest BCUT2D eigenvalue weighted by molar-refractivity contribution is 0.429. The molecular weight excluding hydrogens is 178 g/mol. The van der Waals surface area contributed by atoms with Crippen LogP contribution in [0.15, 0.2) is 10.7 Å². The fraction of sp³-hybridized carbons (Fsp3) is 0.700. The predicted molar refractivity (Wildman–Crippen MR) is 54.0 cm³/mol. The standard InChI is InChI=1S/C10H17N3O/c1-7(5-11)9-6-14-10(13-9)8-3-2-4-12-8/h6-8,12H,2-5,11H2,1H3.